The Kier molecular flexibility index (Phi) is 6.18. The maximum absolute atomic E-state index is 13.8. The molecule has 8 nitrogen and oxygen atoms in total. The number of aromatic nitrogens is 1. The molecule has 0 saturated carbocycles. The van der Waals surface area contributed by atoms with E-state index in [2.05, 4.69) is 0 Å². The SMILES string of the molecule is COc1cc([C@H]2c3cccn3CCN2S(=O)(=O)c2ccc(C(C)=O)cc2)cc(OC)c1OC. The largest absolute Gasteiger partial charge is 0.493 e. The predicted octanol–water partition coefficient (Wildman–Crippen LogP) is 3.51. The molecular weight excluding hydrogens is 444 g/mol. The first-order chi connectivity index (χ1) is 15.8. The van der Waals surface area contributed by atoms with Gasteiger partial charge in [0.1, 0.15) is 0 Å². The van der Waals surface area contributed by atoms with Crippen molar-refractivity contribution in [3.63, 3.8) is 0 Å². The van der Waals surface area contributed by atoms with Crippen LogP contribution in [0.25, 0.3) is 0 Å². The molecule has 2 aromatic carbocycles. The first-order valence-corrected chi connectivity index (χ1v) is 11.8. The molecule has 2 heterocycles. The Bertz CT molecular complexity index is 1260. The number of carbonyl (C=O) groups is 1. The Morgan fingerprint density at radius 3 is 2.12 bits per heavy atom. The van der Waals surface area contributed by atoms with Crippen LogP contribution < -0.4 is 14.2 Å². The van der Waals surface area contributed by atoms with Gasteiger partial charge in [0, 0.05) is 30.5 Å². The summed E-state index contributed by atoms with van der Waals surface area (Å²) in [6.07, 6.45) is 1.94. The maximum Gasteiger partial charge on any atom is 0.244 e. The van der Waals surface area contributed by atoms with Crippen molar-refractivity contribution in [2.75, 3.05) is 27.9 Å². The molecule has 4 rings (SSSR count). The fourth-order valence-corrected chi connectivity index (χ4v) is 5.79. The van der Waals surface area contributed by atoms with Crippen LogP contribution in [-0.4, -0.2) is 50.9 Å². The summed E-state index contributed by atoms with van der Waals surface area (Å²) >= 11 is 0. The van der Waals surface area contributed by atoms with Gasteiger partial charge >= 0.3 is 0 Å². The number of benzene rings is 2. The smallest absolute Gasteiger partial charge is 0.244 e. The number of Topliss-reactive ketones (excluding diaryl/α,β-unsaturated/α-hetero) is 1. The molecule has 0 bridgehead atoms. The Morgan fingerprint density at radius 1 is 0.939 bits per heavy atom. The van der Waals surface area contributed by atoms with E-state index in [1.54, 1.807) is 12.1 Å². The average molecular weight is 471 g/mol. The minimum atomic E-state index is -3.88. The lowest BCUT2D eigenvalue weighted by Crippen LogP contribution is -2.42. The first-order valence-electron chi connectivity index (χ1n) is 10.4. The van der Waals surface area contributed by atoms with Crippen molar-refractivity contribution in [3.05, 3.63) is 71.5 Å². The van der Waals surface area contributed by atoms with Gasteiger partial charge in [0.25, 0.3) is 0 Å². The molecule has 0 radical (unpaired) electrons. The second-order valence-electron chi connectivity index (χ2n) is 7.68. The third-order valence-corrected chi connectivity index (χ3v) is 7.74. The van der Waals surface area contributed by atoms with Crippen LogP contribution in [0.4, 0.5) is 0 Å². The number of methoxy groups -OCH3 is 3. The highest BCUT2D eigenvalue weighted by atomic mass is 32.2. The summed E-state index contributed by atoms with van der Waals surface area (Å²) in [5, 5.41) is 0. The van der Waals surface area contributed by atoms with E-state index in [0.29, 0.717) is 34.9 Å². The molecule has 1 atom stereocenters. The zero-order valence-corrected chi connectivity index (χ0v) is 19.8. The Morgan fingerprint density at radius 2 is 1.58 bits per heavy atom. The standard InChI is InChI=1S/C24H26N2O6S/c1-16(27)17-7-9-19(10-8-17)33(28,29)26-13-12-25-11-5-6-20(25)23(26)18-14-21(30-2)24(32-4)22(15-18)31-3/h5-11,14-15,23H,12-13H2,1-4H3/t23-/m0/s1. The van der Waals surface area contributed by atoms with E-state index < -0.39 is 16.1 Å². The van der Waals surface area contributed by atoms with E-state index in [-0.39, 0.29) is 17.2 Å². The Hall–Kier alpha value is -3.30. The van der Waals surface area contributed by atoms with E-state index in [1.807, 2.05) is 22.9 Å². The molecule has 174 valence electrons. The van der Waals surface area contributed by atoms with Crippen molar-refractivity contribution >= 4 is 15.8 Å². The highest BCUT2D eigenvalue weighted by molar-refractivity contribution is 7.89. The van der Waals surface area contributed by atoms with Crippen molar-refractivity contribution in [2.24, 2.45) is 0 Å². The molecule has 9 heteroatoms. The molecule has 1 aromatic heterocycles. The molecule has 0 aliphatic carbocycles. The molecule has 33 heavy (non-hydrogen) atoms. The van der Waals surface area contributed by atoms with Crippen LogP contribution in [0.2, 0.25) is 0 Å². The van der Waals surface area contributed by atoms with Gasteiger partial charge in [-0.3, -0.25) is 4.79 Å². The minimum absolute atomic E-state index is 0.120. The second-order valence-corrected chi connectivity index (χ2v) is 9.57. The zero-order chi connectivity index (χ0) is 23.8. The fraction of sp³-hybridized carbons (Fsp3) is 0.292. The molecule has 0 amide bonds. The summed E-state index contributed by atoms with van der Waals surface area (Å²) in [7, 11) is 0.687. The van der Waals surface area contributed by atoms with Crippen LogP contribution >= 0.6 is 0 Å². The highest BCUT2D eigenvalue weighted by Gasteiger charge is 2.38. The summed E-state index contributed by atoms with van der Waals surface area (Å²) in [6, 6.07) is 12.8. The average Bonchev–Trinajstić information content (AvgIpc) is 3.31. The molecule has 3 aromatic rings. The van der Waals surface area contributed by atoms with Crippen molar-refractivity contribution in [1.29, 1.82) is 0 Å². The van der Waals surface area contributed by atoms with E-state index >= 15 is 0 Å². The number of rotatable bonds is 7. The van der Waals surface area contributed by atoms with Gasteiger partial charge in [-0.1, -0.05) is 12.1 Å². The van der Waals surface area contributed by atoms with Gasteiger partial charge in [-0.25, -0.2) is 8.42 Å². The Labute approximate surface area is 193 Å². The number of ketones is 1. The van der Waals surface area contributed by atoms with Crippen LogP contribution in [0.15, 0.2) is 59.6 Å². The van der Waals surface area contributed by atoms with Crippen LogP contribution in [-0.2, 0) is 16.6 Å². The number of ether oxygens (including phenoxy) is 3. The molecule has 0 saturated heterocycles. The molecular formula is C24H26N2O6S. The van der Waals surface area contributed by atoms with Crippen molar-refractivity contribution in [3.8, 4) is 17.2 Å². The lowest BCUT2D eigenvalue weighted by molar-refractivity contribution is 0.101. The van der Waals surface area contributed by atoms with Crippen LogP contribution in [0, 0.1) is 0 Å². The van der Waals surface area contributed by atoms with E-state index in [4.69, 9.17) is 14.2 Å². The third-order valence-electron chi connectivity index (χ3n) is 5.86. The van der Waals surface area contributed by atoms with E-state index in [9.17, 15) is 13.2 Å². The molecule has 1 aliphatic heterocycles. The lowest BCUT2D eigenvalue weighted by atomic mass is 10.0. The number of carbonyl (C=O) groups excluding carboxylic acids is 1. The second kappa shape index (κ2) is 8.92. The number of sulfonamides is 1. The normalized spacial score (nSPS) is 16.2. The number of hydrogen-bond donors (Lipinski definition) is 0. The van der Waals surface area contributed by atoms with Crippen LogP contribution in [0.5, 0.6) is 17.2 Å². The molecule has 1 aliphatic rings. The summed E-state index contributed by atoms with van der Waals surface area (Å²) in [5.74, 6) is 1.20. The van der Waals surface area contributed by atoms with E-state index in [1.165, 1.54) is 56.8 Å². The van der Waals surface area contributed by atoms with Crippen molar-refractivity contribution < 1.29 is 27.4 Å². The topological polar surface area (TPSA) is 87.1 Å². The van der Waals surface area contributed by atoms with Gasteiger partial charge in [-0.05, 0) is 48.9 Å². The zero-order valence-electron chi connectivity index (χ0n) is 18.9. The number of fused-ring (bicyclic) bond motifs is 1. The Balaban J connectivity index is 1.86. The number of hydrogen-bond acceptors (Lipinski definition) is 6. The highest BCUT2D eigenvalue weighted by Crippen LogP contribution is 2.44. The van der Waals surface area contributed by atoms with Gasteiger partial charge in [0.15, 0.2) is 17.3 Å². The fourth-order valence-electron chi connectivity index (χ4n) is 4.21. The van der Waals surface area contributed by atoms with Crippen molar-refractivity contribution in [1.82, 2.24) is 8.87 Å². The van der Waals surface area contributed by atoms with Crippen molar-refractivity contribution in [2.45, 2.75) is 24.4 Å². The predicted molar refractivity (Wildman–Crippen MR) is 123 cm³/mol. The van der Waals surface area contributed by atoms with Crippen LogP contribution in [0.3, 0.4) is 0 Å². The molecule has 0 fully saturated rings. The molecule has 0 N–H and O–H groups in total. The summed E-state index contributed by atoms with van der Waals surface area (Å²) < 4.78 is 47.5. The van der Waals surface area contributed by atoms with Gasteiger partial charge in [0.2, 0.25) is 15.8 Å². The summed E-state index contributed by atoms with van der Waals surface area (Å²) in [6.45, 7) is 2.25. The molecule has 0 spiro atoms. The van der Waals surface area contributed by atoms with Gasteiger partial charge in [0.05, 0.1) is 32.3 Å². The molecule has 0 unspecified atom stereocenters. The van der Waals surface area contributed by atoms with Gasteiger partial charge < -0.3 is 18.8 Å². The number of nitrogens with zero attached hydrogens (tertiary/aromatic N) is 2. The quantitative estimate of drug-likeness (QED) is 0.491. The van der Waals surface area contributed by atoms with Gasteiger partial charge in [-0.15, -0.1) is 0 Å². The van der Waals surface area contributed by atoms with E-state index in [0.717, 1.165) is 5.69 Å². The third kappa shape index (κ3) is 3.98. The first kappa shape index (κ1) is 22.9. The van der Waals surface area contributed by atoms with Crippen LogP contribution in [0.1, 0.15) is 34.6 Å². The summed E-state index contributed by atoms with van der Waals surface area (Å²) in [4.78, 5) is 11.8. The maximum atomic E-state index is 13.8. The summed E-state index contributed by atoms with van der Waals surface area (Å²) in [5.41, 5.74) is 1.98. The monoisotopic (exact) mass is 470 g/mol. The lowest BCUT2D eigenvalue weighted by Gasteiger charge is -2.36. The van der Waals surface area contributed by atoms with Gasteiger partial charge in [-0.2, -0.15) is 4.31 Å². The minimum Gasteiger partial charge on any atom is -0.493 e.